The third-order valence-corrected chi connectivity index (χ3v) is 2.07. The zero-order valence-electron chi connectivity index (χ0n) is 5.70. The molecule has 0 aromatic carbocycles. The largest absolute Gasteiger partial charge is 0.501 e. The van der Waals surface area contributed by atoms with Gasteiger partial charge in [-0.3, -0.25) is 4.79 Å². The fourth-order valence-corrected chi connectivity index (χ4v) is 1.46. The lowest BCUT2D eigenvalue weighted by Crippen LogP contribution is -2.26. The van der Waals surface area contributed by atoms with E-state index in [1.807, 2.05) is 12.2 Å². The molecule has 0 saturated carbocycles. The molecule has 2 rings (SSSR count). The van der Waals surface area contributed by atoms with Gasteiger partial charge in [0.1, 0.15) is 5.76 Å². The first-order chi connectivity index (χ1) is 4.83. The Morgan fingerprint density at radius 3 is 3.00 bits per heavy atom. The third kappa shape index (κ3) is 0.511. The van der Waals surface area contributed by atoms with Crippen LogP contribution >= 0.6 is 0 Å². The van der Waals surface area contributed by atoms with Crippen molar-refractivity contribution < 1.29 is 9.53 Å². The van der Waals surface area contributed by atoms with Gasteiger partial charge in [-0.05, 0) is 12.2 Å². The van der Waals surface area contributed by atoms with Gasteiger partial charge in [-0.25, -0.2) is 0 Å². The van der Waals surface area contributed by atoms with Crippen molar-refractivity contribution >= 4 is 5.78 Å². The lowest BCUT2D eigenvalue weighted by atomic mass is 9.82. The molecule has 0 aliphatic heterocycles. The molecule has 2 heteroatoms. The summed E-state index contributed by atoms with van der Waals surface area (Å²) in [6, 6.07) is 0. The quantitative estimate of drug-likeness (QED) is 0.535. The number of hydrogen-bond donors (Lipinski definition) is 0. The van der Waals surface area contributed by atoms with Crippen molar-refractivity contribution in [2.24, 2.45) is 11.8 Å². The molecule has 0 N–H and O–H groups in total. The van der Waals surface area contributed by atoms with Crippen LogP contribution < -0.4 is 0 Å². The Bertz CT molecular complexity index is 238. The molecule has 2 aliphatic rings. The smallest absolute Gasteiger partial charge is 0.166 e. The highest BCUT2D eigenvalue weighted by molar-refractivity contribution is 5.98. The highest BCUT2D eigenvalue weighted by Gasteiger charge is 2.40. The van der Waals surface area contributed by atoms with Crippen molar-refractivity contribution in [1.82, 2.24) is 0 Å². The molecule has 0 radical (unpaired) electrons. The number of fused-ring (bicyclic) bond motifs is 1. The van der Waals surface area contributed by atoms with Crippen molar-refractivity contribution in [2.45, 2.75) is 0 Å². The van der Waals surface area contributed by atoms with Crippen LogP contribution in [0.15, 0.2) is 24.0 Å². The first-order valence-electron chi connectivity index (χ1n) is 3.30. The van der Waals surface area contributed by atoms with Crippen molar-refractivity contribution in [3.05, 3.63) is 24.0 Å². The molecule has 52 valence electrons. The summed E-state index contributed by atoms with van der Waals surface area (Å²) < 4.78 is 4.97. The molecule has 0 saturated heterocycles. The Kier molecular flexibility index (Phi) is 0.982. The predicted molar refractivity (Wildman–Crippen MR) is 36.2 cm³/mol. The number of methoxy groups -OCH3 is 1. The zero-order valence-corrected chi connectivity index (χ0v) is 5.70. The van der Waals surface area contributed by atoms with Gasteiger partial charge in [0.05, 0.1) is 13.0 Å². The summed E-state index contributed by atoms with van der Waals surface area (Å²) in [6.45, 7) is 0. The second-order valence-electron chi connectivity index (χ2n) is 2.59. The van der Waals surface area contributed by atoms with Gasteiger partial charge in [-0.15, -0.1) is 0 Å². The normalized spacial score (nSPS) is 34.9. The molecule has 0 aromatic heterocycles. The number of carbonyl (C=O) groups excluding carboxylic acids is 1. The molecule has 0 heterocycles. The fourth-order valence-electron chi connectivity index (χ4n) is 1.46. The van der Waals surface area contributed by atoms with Gasteiger partial charge >= 0.3 is 0 Å². The monoisotopic (exact) mass is 136 g/mol. The Hall–Kier alpha value is -1.05. The molecule has 10 heavy (non-hydrogen) atoms. The summed E-state index contributed by atoms with van der Waals surface area (Å²) in [5, 5.41) is 0. The van der Waals surface area contributed by atoms with E-state index in [9.17, 15) is 4.79 Å². The minimum absolute atomic E-state index is 0.0324. The average Bonchev–Trinajstić information content (AvgIpc) is 2.09. The van der Waals surface area contributed by atoms with Crippen LogP contribution in [0.2, 0.25) is 0 Å². The number of ether oxygens (including phenoxy) is 1. The number of ketones is 1. The summed E-state index contributed by atoms with van der Waals surface area (Å²) in [7, 11) is 1.60. The molecule has 0 bridgehead atoms. The lowest BCUT2D eigenvalue weighted by Gasteiger charge is -2.26. The maximum Gasteiger partial charge on any atom is 0.166 e. The molecule has 0 amide bonds. The molecule has 2 atom stereocenters. The van der Waals surface area contributed by atoms with E-state index >= 15 is 0 Å². The number of rotatable bonds is 1. The van der Waals surface area contributed by atoms with Gasteiger partial charge in [0.2, 0.25) is 0 Å². The minimum Gasteiger partial charge on any atom is -0.501 e. The van der Waals surface area contributed by atoms with E-state index in [0.29, 0.717) is 5.92 Å². The Labute approximate surface area is 59.2 Å². The van der Waals surface area contributed by atoms with Crippen LogP contribution in [0, 0.1) is 11.8 Å². The van der Waals surface area contributed by atoms with Crippen LogP contribution in [0.1, 0.15) is 0 Å². The van der Waals surface area contributed by atoms with E-state index in [0.717, 1.165) is 5.76 Å². The van der Waals surface area contributed by atoms with Crippen molar-refractivity contribution in [1.29, 1.82) is 0 Å². The zero-order chi connectivity index (χ0) is 7.14. The standard InChI is InChI=1S/C8H8O2/c1-10-7-4-5-2-3-6(9)8(5)7/h2-5,8H,1H3. The Morgan fingerprint density at radius 2 is 2.40 bits per heavy atom. The molecular weight excluding hydrogens is 128 g/mol. The highest BCUT2D eigenvalue weighted by atomic mass is 16.5. The van der Waals surface area contributed by atoms with E-state index < -0.39 is 0 Å². The van der Waals surface area contributed by atoms with E-state index in [-0.39, 0.29) is 11.7 Å². The first kappa shape index (κ1) is 5.71. The van der Waals surface area contributed by atoms with Crippen LogP contribution in [-0.2, 0) is 9.53 Å². The first-order valence-corrected chi connectivity index (χ1v) is 3.30. The fraction of sp³-hybridized carbons (Fsp3) is 0.375. The topological polar surface area (TPSA) is 26.3 Å². The van der Waals surface area contributed by atoms with Gasteiger partial charge in [0, 0.05) is 5.92 Å². The predicted octanol–water partition coefficient (Wildman–Crippen LogP) is 0.902. The third-order valence-electron chi connectivity index (χ3n) is 2.07. The summed E-state index contributed by atoms with van der Waals surface area (Å²) in [4.78, 5) is 11.0. The molecule has 0 fully saturated rings. The van der Waals surface area contributed by atoms with Crippen LogP contribution in [-0.4, -0.2) is 12.9 Å². The Balaban J connectivity index is 2.24. The molecule has 2 aliphatic carbocycles. The molecule has 0 spiro atoms. The lowest BCUT2D eigenvalue weighted by molar-refractivity contribution is -0.118. The highest BCUT2D eigenvalue weighted by Crippen LogP contribution is 2.39. The molecule has 2 nitrogen and oxygen atoms in total. The van der Waals surface area contributed by atoms with Crippen LogP contribution in [0.4, 0.5) is 0 Å². The van der Waals surface area contributed by atoms with E-state index in [4.69, 9.17) is 4.74 Å². The SMILES string of the molecule is COC1=CC2C=CC(=O)C12. The second kappa shape index (κ2) is 1.72. The van der Waals surface area contributed by atoms with E-state index in [1.165, 1.54) is 0 Å². The Morgan fingerprint density at radius 1 is 1.60 bits per heavy atom. The van der Waals surface area contributed by atoms with Gasteiger partial charge in [-0.2, -0.15) is 0 Å². The van der Waals surface area contributed by atoms with Gasteiger partial charge in [0.25, 0.3) is 0 Å². The average molecular weight is 136 g/mol. The van der Waals surface area contributed by atoms with E-state index in [2.05, 4.69) is 0 Å². The maximum atomic E-state index is 11.0. The van der Waals surface area contributed by atoms with Crippen LogP contribution in [0.3, 0.4) is 0 Å². The molecule has 0 aromatic rings. The van der Waals surface area contributed by atoms with Crippen molar-refractivity contribution in [3.63, 3.8) is 0 Å². The second-order valence-corrected chi connectivity index (χ2v) is 2.59. The van der Waals surface area contributed by atoms with Gasteiger partial charge < -0.3 is 4.74 Å². The molecule has 2 unspecified atom stereocenters. The summed E-state index contributed by atoms with van der Waals surface area (Å²) in [6.07, 6.45) is 5.54. The minimum atomic E-state index is 0.0324. The summed E-state index contributed by atoms with van der Waals surface area (Å²) in [5.41, 5.74) is 0. The number of allylic oxidation sites excluding steroid dienone is 4. The maximum absolute atomic E-state index is 11.0. The van der Waals surface area contributed by atoms with E-state index in [1.54, 1.807) is 13.2 Å². The van der Waals surface area contributed by atoms with Gasteiger partial charge in [-0.1, -0.05) is 6.08 Å². The van der Waals surface area contributed by atoms with Crippen LogP contribution in [0.25, 0.3) is 0 Å². The summed E-state index contributed by atoms with van der Waals surface area (Å²) >= 11 is 0. The van der Waals surface area contributed by atoms with Crippen LogP contribution in [0.5, 0.6) is 0 Å². The summed E-state index contributed by atoms with van der Waals surface area (Å²) in [5.74, 6) is 1.39. The number of hydrogen-bond acceptors (Lipinski definition) is 2. The van der Waals surface area contributed by atoms with Crippen molar-refractivity contribution in [2.75, 3.05) is 7.11 Å². The number of carbonyl (C=O) groups is 1. The van der Waals surface area contributed by atoms with Crippen molar-refractivity contribution in [3.8, 4) is 0 Å². The van der Waals surface area contributed by atoms with Gasteiger partial charge in [0.15, 0.2) is 5.78 Å². The molecular formula is C8H8O2.